The number of aliphatic hydroxyl groups is 1. The number of aliphatic hydroxyl groups excluding tert-OH is 1. The van der Waals surface area contributed by atoms with Crippen molar-refractivity contribution in [3.8, 4) is 0 Å². The van der Waals surface area contributed by atoms with Crippen LogP contribution >= 0.6 is 0 Å². The molecule has 0 spiro atoms. The normalized spacial score (nSPS) is 19.2. The lowest BCUT2D eigenvalue weighted by atomic mass is 10.2. The Labute approximate surface area is 125 Å². The molecule has 1 aromatic rings. The van der Waals surface area contributed by atoms with E-state index in [9.17, 15) is 18.3 Å². The summed E-state index contributed by atoms with van der Waals surface area (Å²) in [6, 6.07) is 5.78. The number of hydrogen-bond donors (Lipinski definition) is 1. The molecule has 21 heavy (non-hydrogen) atoms. The molecule has 116 valence electrons. The van der Waals surface area contributed by atoms with Gasteiger partial charge in [0.15, 0.2) is 0 Å². The summed E-state index contributed by atoms with van der Waals surface area (Å²) in [5.74, 6) is -0.166. The van der Waals surface area contributed by atoms with Gasteiger partial charge in [0.2, 0.25) is 10.0 Å². The second kappa shape index (κ2) is 6.13. The van der Waals surface area contributed by atoms with Crippen LogP contribution in [0.5, 0.6) is 0 Å². The predicted molar refractivity (Wildman–Crippen MR) is 78.5 cm³/mol. The molecule has 1 aliphatic heterocycles. The van der Waals surface area contributed by atoms with Gasteiger partial charge in [-0.3, -0.25) is 4.79 Å². The van der Waals surface area contributed by atoms with Crippen LogP contribution in [0.4, 0.5) is 0 Å². The summed E-state index contributed by atoms with van der Waals surface area (Å²) >= 11 is 0. The molecule has 1 aromatic carbocycles. The number of nitrogens with zero attached hydrogens (tertiary/aromatic N) is 2. The molecule has 1 N–H and O–H groups in total. The van der Waals surface area contributed by atoms with Crippen molar-refractivity contribution in [2.75, 3.05) is 27.2 Å². The molecule has 1 fully saturated rings. The zero-order valence-electron chi connectivity index (χ0n) is 12.2. The minimum atomic E-state index is -3.49. The smallest absolute Gasteiger partial charge is 0.254 e. The molecule has 0 radical (unpaired) electrons. The Hall–Kier alpha value is -1.44. The number of amides is 1. The first-order chi connectivity index (χ1) is 9.87. The van der Waals surface area contributed by atoms with Gasteiger partial charge in [-0.15, -0.1) is 0 Å². The molecular weight excluding hydrogens is 292 g/mol. The van der Waals surface area contributed by atoms with E-state index in [1.165, 1.54) is 38.4 Å². The Morgan fingerprint density at radius 3 is 2.48 bits per heavy atom. The number of rotatable bonds is 4. The first-order valence-corrected chi connectivity index (χ1v) is 8.26. The zero-order chi connectivity index (χ0) is 15.6. The van der Waals surface area contributed by atoms with Gasteiger partial charge in [-0.1, -0.05) is 0 Å². The molecule has 1 heterocycles. The maximum Gasteiger partial charge on any atom is 0.254 e. The molecule has 0 saturated carbocycles. The van der Waals surface area contributed by atoms with Gasteiger partial charge in [0, 0.05) is 26.2 Å². The Morgan fingerprint density at radius 1 is 1.33 bits per heavy atom. The van der Waals surface area contributed by atoms with Crippen LogP contribution in [-0.4, -0.2) is 61.9 Å². The molecule has 0 unspecified atom stereocenters. The Bertz CT molecular complexity index is 610. The van der Waals surface area contributed by atoms with Crippen LogP contribution in [0.3, 0.4) is 0 Å². The minimum Gasteiger partial charge on any atom is -0.394 e. The fourth-order valence-corrected chi connectivity index (χ4v) is 3.34. The molecule has 7 heteroatoms. The van der Waals surface area contributed by atoms with Gasteiger partial charge >= 0.3 is 0 Å². The van der Waals surface area contributed by atoms with Crippen LogP contribution in [0.15, 0.2) is 29.2 Å². The third-order valence-electron chi connectivity index (χ3n) is 3.73. The lowest BCUT2D eigenvalue weighted by Gasteiger charge is -2.23. The fourth-order valence-electron chi connectivity index (χ4n) is 2.44. The number of carbonyl (C=O) groups excluding carboxylic acids is 1. The highest BCUT2D eigenvalue weighted by molar-refractivity contribution is 7.89. The first-order valence-electron chi connectivity index (χ1n) is 6.82. The van der Waals surface area contributed by atoms with Crippen LogP contribution in [0.1, 0.15) is 23.2 Å². The van der Waals surface area contributed by atoms with E-state index in [1.54, 1.807) is 4.90 Å². The van der Waals surface area contributed by atoms with E-state index in [2.05, 4.69) is 0 Å². The molecule has 1 amide bonds. The van der Waals surface area contributed by atoms with E-state index in [0.29, 0.717) is 12.1 Å². The van der Waals surface area contributed by atoms with Crippen molar-refractivity contribution < 1.29 is 18.3 Å². The summed E-state index contributed by atoms with van der Waals surface area (Å²) in [7, 11) is -0.560. The Morgan fingerprint density at radius 2 is 1.95 bits per heavy atom. The number of hydrogen-bond acceptors (Lipinski definition) is 4. The molecular formula is C14H20N2O4S. The highest BCUT2D eigenvalue weighted by Gasteiger charge is 2.29. The monoisotopic (exact) mass is 312 g/mol. The molecule has 0 bridgehead atoms. The molecule has 0 aromatic heterocycles. The molecule has 1 atom stereocenters. The van der Waals surface area contributed by atoms with Gasteiger partial charge in [-0.05, 0) is 37.1 Å². The van der Waals surface area contributed by atoms with Crippen LogP contribution in [0.25, 0.3) is 0 Å². The maximum atomic E-state index is 12.4. The number of sulfonamides is 1. The topological polar surface area (TPSA) is 77.9 Å². The molecule has 1 saturated heterocycles. The summed E-state index contributed by atoms with van der Waals surface area (Å²) < 4.78 is 25.1. The van der Waals surface area contributed by atoms with Gasteiger partial charge < -0.3 is 10.0 Å². The third kappa shape index (κ3) is 3.09. The summed E-state index contributed by atoms with van der Waals surface area (Å²) in [6.07, 6.45) is 1.68. The summed E-state index contributed by atoms with van der Waals surface area (Å²) in [5, 5.41) is 9.27. The van der Waals surface area contributed by atoms with Crippen molar-refractivity contribution in [1.82, 2.24) is 9.21 Å². The van der Waals surface area contributed by atoms with Crippen molar-refractivity contribution in [1.29, 1.82) is 0 Å². The highest BCUT2D eigenvalue weighted by atomic mass is 32.2. The van der Waals surface area contributed by atoms with Crippen LogP contribution in [0.2, 0.25) is 0 Å². The number of benzene rings is 1. The van der Waals surface area contributed by atoms with Crippen LogP contribution in [0, 0.1) is 0 Å². The maximum absolute atomic E-state index is 12.4. The molecule has 6 nitrogen and oxygen atoms in total. The SMILES string of the molecule is CN(C)S(=O)(=O)c1ccc(C(=O)N2CCC[C@@H]2CO)cc1. The quantitative estimate of drug-likeness (QED) is 0.880. The third-order valence-corrected chi connectivity index (χ3v) is 5.56. The van der Waals surface area contributed by atoms with Gasteiger partial charge in [0.25, 0.3) is 5.91 Å². The fraction of sp³-hybridized carbons (Fsp3) is 0.500. The van der Waals surface area contributed by atoms with Crippen LogP contribution in [-0.2, 0) is 10.0 Å². The van der Waals surface area contributed by atoms with Crippen LogP contribution < -0.4 is 0 Å². The van der Waals surface area contributed by atoms with E-state index >= 15 is 0 Å². The summed E-state index contributed by atoms with van der Waals surface area (Å²) in [6.45, 7) is 0.584. The average molecular weight is 312 g/mol. The number of carbonyl (C=O) groups is 1. The molecule has 1 aliphatic rings. The molecule has 0 aliphatic carbocycles. The van der Waals surface area contributed by atoms with Gasteiger partial charge in [0.1, 0.15) is 0 Å². The standard InChI is InChI=1S/C14H20N2O4S/c1-15(2)21(19,20)13-7-5-11(6-8-13)14(18)16-9-3-4-12(16)10-17/h5-8,12,17H,3-4,9-10H2,1-2H3/t12-/m1/s1. The zero-order valence-corrected chi connectivity index (χ0v) is 13.0. The number of likely N-dealkylation sites (tertiary alicyclic amines) is 1. The van der Waals surface area contributed by atoms with Gasteiger partial charge in [0.05, 0.1) is 17.5 Å². The largest absolute Gasteiger partial charge is 0.394 e. The lowest BCUT2D eigenvalue weighted by molar-refractivity contribution is 0.0677. The van der Waals surface area contributed by atoms with Crippen molar-refractivity contribution in [2.45, 2.75) is 23.8 Å². The van der Waals surface area contributed by atoms with Crippen molar-refractivity contribution in [3.63, 3.8) is 0 Å². The second-order valence-corrected chi connectivity index (χ2v) is 7.44. The van der Waals surface area contributed by atoms with Crippen molar-refractivity contribution in [3.05, 3.63) is 29.8 Å². The highest BCUT2D eigenvalue weighted by Crippen LogP contribution is 2.21. The predicted octanol–water partition coefficient (Wildman–Crippen LogP) is 0.534. The average Bonchev–Trinajstić information content (AvgIpc) is 2.94. The lowest BCUT2D eigenvalue weighted by Crippen LogP contribution is -2.37. The Balaban J connectivity index is 2.21. The minimum absolute atomic E-state index is 0.0428. The van der Waals surface area contributed by atoms with Crippen molar-refractivity contribution in [2.24, 2.45) is 0 Å². The van der Waals surface area contributed by atoms with E-state index in [-0.39, 0.29) is 23.5 Å². The van der Waals surface area contributed by atoms with Crippen molar-refractivity contribution >= 4 is 15.9 Å². The van der Waals surface area contributed by atoms with E-state index in [1.807, 2.05) is 0 Å². The first kappa shape index (κ1) is 15.9. The summed E-state index contributed by atoms with van der Waals surface area (Å²) in [4.78, 5) is 14.2. The Kier molecular flexibility index (Phi) is 4.65. The molecule has 2 rings (SSSR count). The second-order valence-electron chi connectivity index (χ2n) is 5.29. The van der Waals surface area contributed by atoms with E-state index in [0.717, 1.165) is 17.1 Å². The van der Waals surface area contributed by atoms with Gasteiger partial charge in [-0.2, -0.15) is 0 Å². The summed E-state index contributed by atoms with van der Waals surface area (Å²) in [5.41, 5.74) is 0.438. The van der Waals surface area contributed by atoms with E-state index < -0.39 is 10.0 Å². The van der Waals surface area contributed by atoms with E-state index in [4.69, 9.17) is 0 Å². The van der Waals surface area contributed by atoms with Gasteiger partial charge in [-0.25, -0.2) is 12.7 Å².